The topological polar surface area (TPSA) is 81.1 Å². The quantitative estimate of drug-likeness (QED) is 0.469. The molecular weight excluding hydrogens is 477 g/mol. The minimum atomic E-state index is -1.12. The molecular formula is C28H30FN3O5. The fourth-order valence-electron chi connectivity index (χ4n) is 4.27. The van der Waals surface area contributed by atoms with Crippen molar-refractivity contribution in [3.63, 3.8) is 0 Å². The molecule has 4 rings (SSSR count). The summed E-state index contributed by atoms with van der Waals surface area (Å²) in [5, 5.41) is 0. The van der Waals surface area contributed by atoms with Crippen molar-refractivity contribution in [3.8, 4) is 5.75 Å². The number of benzene rings is 2. The minimum Gasteiger partial charge on any atom is -0.490 e. The molecule has 1 aromatic heterocycles. The maximum Gasteiger partial charge on any atom is 0.255 e. The van der Waals surface area contributed by atoms with E-state index in [0.717, 1.165) is 5.56 Å². The third-order valence-electron chi connectivity index (χ3n) is 6.35. The van der Waals surface area contributed by atoms with Gasteiger partial charge in [0.25, 0.3) is 5.91 Å². The summed E-state index contributed by atoms with van der Waals surface area (Å²) in [5.74, 6) is -0.392. The molecule has 2 amide bonds. The van der Waals surface area contributed by atoms with Crippen LogP contribution in [-0.2, 0) is 23.1 Å². The Morgan fingerprint density at radius 2 is 1.81 bits per heavy atom. The molecule has 2 aromatic carbocycles. The molecule has 9 heteroatoms. The van der Waals surface area contributed by atoms with Crippen molar-refractivity contribution >= 4 is 11.8 Å². The number of hydrogen-bond donors (Lipinski definition) is 0. The summed E-state index contributed by atoms with van der Waals surface area (Å²) in [5.41, 5.74) is 0.0221. The normalized spacial score (nSPS) is 17.3. The smallest absolute Gasteiger partial charge is 0.255 e. The number of halogens is 1. The summed E-state index contributed by atoms with van der Waals surface area (Å²) in [6, 6.07) is 18.1. The molecule has 0 bridgehead atoms. The molecule has 0 spiro atoms. The Morgan fingerprint density at radius 1 is 1.08 bits per heavy atom. The van der Waals surface area contributed by atoms with E-state index in [0.29, 0.717) is 24.4 Å². The second-order valence-corrected chi connectivity index (χ2v) is 9.28. The predicted molar refractivity (Wildman–Crippen MR) is 136 cm³/mol. The van der Waals surface area contributed by atoms with Gasteiger partial charge in [0.05, 0.1) is 25.1 Å². The van der Waals surface area contributed by atoms with Crippen LogP contribution in [0.1, 0.15) is 22.3 Å². The van der Waals surface area contributed by atoms with Crippen molar-refractivity contribution in [2.24, 2.45) is 7.05 Å². The van der Waals surface area contributed by atoms with E-state index in [-0.39, 0.29) is 49.4 Å². The molecule has 0 aliphatic carbocycles. The number of morpholine rings is 1. The van der Waals surface area contributed by atoms with Crippen molar-refractivity contribution in [3.05, 3.63) is 100 Å². The Kier molecular flexibility index (Phi) is 8.03. The molecule has 37 heavy (non-hydrogen) atoms. The number of ether oxygens (including phenoxy) is 2. The van der Waals surface area contributed by atoms with Gasteiger partial charge in [-0.15, -0.1) is 0 Å². The van der Waals surface area contributed by atoms with Gasteiger partial charge < -0.3 is 23.8 Å². The van der Waals surface area contributed by atoms with Gasteiger partial charge in [-0.1, -0.05) is 30.3 Å². The van der Waals surface area contributed by atoms with Gasteiger partial charge in [-0.05, 0) is 35.9 Å². The van der Waals surface area contributed by atoms with Gasteiger partial charge in [0.15, 0.2) is 0 Å². The highest BCUT2D eigenvalue weighted by molar-refractivity contribution is 5.94. The zero-order valence-electron chi connectivity index (χ0n) is 20.9. The number of carbonyl (C=O) groups is 2. The van der Waals surface area contributed by atoms with Crippen LogP contribution in [0, 0.1) is 5.82 Å². The van der Waals surface area contributed by atoms with Crippen LogP contribution < -0.4 is 10.3 Å². The summed E-state index contributed by atoms with van der Waals surface area (Å²) >= 11 is 0. The first kappa shape index (κ1) is 26.1. The molecule has 3 aromatic rings. The maximum atomic E-state index is 13.4. The molecule has 194 valence electrons. The van der Waals surface area contributed by atoms with Gasteiger partial charge in [0.1, 0.15) is 23.8 Å². The molecule has 2 heterocycles. The van der Waals surface area contributed by atoms with E-state index in [9.17, 15) is 18.8 Å². The molecule has 0 unspecified atom stereocenters. The number of carbonyl (C=O) groups excluding carboxylic acids is 2. The molecule has 8 nitrogen and oxygen atoms in total. The van der Waals surface area contributed by atoms with E-state index >= 15 is 0 Å². The first-order valence-corrected chi connectivity index (χ1v) is 12.0. The second kappa shape index (κ2) is 11.4. The number of aryl methyl sites for hydroxylation is 1. The third kappa shape index (κ3) is 6.62. The van der Waals surface area contributed by atoms with Crippen LogP contribution in [0.2, 0.25) is 0 Å². The van der Waals surface area contributed by atoms with E-state index in [1.165, 1.54) is 47.2 Å². The fourth-order valence-corrected chi connectivity index (χ4v) is 4.27. The molecule has 1 fully saturated rings. The van der Waals surface area contributed by atoms with Gasteiger partial charge in [-0.2, -0.15) is 0 Å². The predicted octanol–water partition coefficient (Wildman–Crippen LogP) is 2.86. The first-order chi connectivity index (χ1) is 17.7. The standard InChI is InChI=1S/C28H30FN3O5/c1-30(17-21-6-4-3-5-7-21)26(34)16-28(20-36-24-11-9-23(29)10-12-24)19-32(14-15-37-28)27(35)22-8-13-25(33)31(2)18-22/h3-13,18H,14-17,19-20H2,1-2H3/t28-/m0/s1. The number of pyridine rings is 1. The Balaban J connectivity index is 1.54. The van der Waals surface area contributed by atoms with Crippen LogP contribution >= 0.6 is 0 Å². The molecule has 1 aliphatic heterocycles. The van der Waals surface area contributed by atoms with Gasteiger partial charge >= 0.3 is 0 Å². The fraction of sp³-hybridized carbons (Fsp3) is 0.321. The van der Waals surface area contributed by atoms with Crippen LogP contribution in [-0.4, -0.2) is 65.1 Å². The average Bonchev–Trinajstić information content (AvgIpc) is 2.90. The third-order valence-corrected chi connectivity index (χ3v) is 6.35. The van der Waals surface area contributed by atoms with Crippen LogP contribution in [0.25, 0.3) is 0 Å². The Labute approximate surface area is 214 Å². The molecule has 1 saturated heterocycles. The van der Waals surface area contributed by atoms with Crippen LogP contribution in [0.3, 0.4) is 0 Å². The van der Waals surface area contributed by atoms with Crippen molar-refractivity contribution in [1.82, 2.24) is 14.4 Å². The highest BCUT2D eigenvalue weighted by Crippen LogP contribution is 2.26. The summed E-state index contributed by atoms with van der Waals surface area (Å²) < 4.78 is 26.8. The van der Waals surface area contributed by atoms with Crippen molar-refractivity contribution in [1.29, 1.82) is 0 Å². The zero-order chi connectivity index (χ0) is 26.4. The van der Waals surface area contributed by atoms with Crippen LogP contribution in [0.4, 0.5) is 4.39 Å². The number of aromatic nitrogens is 1. The molecule has 0 N–H and O–H groups in total. The first-order valence-electron chi connectivity index (χ1n) is 12.0. The Morgan fingerprint density at radius 3 is 2.51 bits per heavy atom. The average molecular weight is 508 g/mol. The summed E-state index contributed by atoms with van der Waals surface area (Å²) in [4.78, 5) is 41.6. The SMILES string of the molecule is CN(Cc1ccccc1)C(=O)C[C@@]1(COc2ccc(F)cc2)CN(C(=O)c2ccc(=O)n(C)c2)CCO1. The van der Waals surface area contributed by atoms with Crippen molar-refractivity contribution < 1.29 is 23.5 Å². The van der Waals surface area contributed by atoms with E-state index in [4.69, 9.17) is 9.47 Å². The summed E-state index contributed by atoms with van der Waals surface area (Å²) in [7, 11) is 3.31. The lowest BCUT2D eigenvalue weighted by atomic mass is 9.96. The summed E-state index contributed by atoms with van der Waals surface area (Å²) in [6.07, 6.45) is 1.48. The lowest BCUT2D eigenvalue weighted by Crippen LogP contribution is -2.58. The van der Waals surface area contributed by atoms with Gasteiger partial charge in [-0.25, -0.2) is 4.39 Å². The molecule has 0 saturated carbocycles. The molecule has 0 radical (unpaired) electrons. The van der Waals surface area contributed by atoms with Crippen molar-refractivity contribution in [2.45, 2.75) is 18.6 Å². The van der Waals surface area contributed by atoms with Gasteiger partial charge in [-0.3, -0.25) is 14.4 Å². The van der Waals surface area contributed by atoms with E-state index in [1.54, 1.807) is 23.9 Å². The van der Waals surface area contributed by atoms with Crippen LogP contribution in [0.15, 0.2) is 77.7 Å². The second-order valence-electron chi connectivity index (χ2n) is 9.28. The van der Waals surface area contributed by atoms with E-state index < -0.39 is 5.60 Å². The number of amides is 2. The largest absolute Gasteiger partial charge is 0.490 e. The minimum absolute atomic E-state index is 0.0133. The Hall–Kier alpha value is -3.98. The Bertz CT molecular complexity index is 1300. The number of nitrogens with zero attached hydrogens (tertiary/aromatic N) is 3. The van der Waals surface area contributed by atoms with E-state index in [2.05, 4.69) is 0 Å². The van der Waals surface area contributed by atoms with Crippen molar-refractivity contribution in [2.75, 3.05) is 33.4 Å². The molecule has 1 aliphatic rings. The zero-order valence-corrected chi connectivity index (χ0v) is 20.9. The lowest BCUT2D eigenvalue weighted by Gasteiger charge is -2.42. The molecule has 1 atom stereocenters. The highest BCUT2D eigenvalue weighted by atomic mass is 19.1. The maximum absolute atomic E-state index is 13.4. The number of hydrogen-bond acceptors (Lipinski definition) is 5. The lowest BCUT2D eigenvalue weighted by molar-refractivity contribution is -0.152. The number of rotatable bonds is 8. The monoisotopic (exact) mass is 507 g/mol. The highest BCUT2D eigenvalue weighted by Gasteiger charge is 2.42. The van der Waals surface area contributed by atoms with Crippen LogP contribution in [0.5, 0.6) is 5.75 Å². The van der Waals surface area contributed by atoms with E-state index in [1.807, 2.05) is 30.3 Å². The van der Waals surface area contributed by atoms with Gasteiger partial charge in [0, 0.05) is 39.4 Å². The summed E-state index contributed by atoms with van der Waals surface area (Å²) in [6.45, 7) is 1.06. The van der Waals surface area contributed by atoms with Gasteiger partial charge in [0.2, 0.25) is 11.5 Å².